The van der Waals surface area contributed by atoms with Crippen LogP contribution in [0.3, 0.4) is 0 Å². The molecule has 2 heterocycles. The molecule has 0 bridgehead atoms. The van der Waals surface area contributed by atoms with Gasteiger partial charge in [0.1, 0.15) is 5.75 Å². The van der Waals surface area contributed by atoms with Gasteiger partial charge in [-0.05, 0) is 43.3 Å². The summed E-state index contributed by atoms with van der Waals surface area (Å²) < 4.78 is 12.0. The highest BCUT2D eigenvalue weighted by atomic mass is 79.9. The van der Waals surface area contributed by atoms with E-state index >= 15 is 0 Å². The molecule has 21 heavy (non-hydrogen) atoms. The number of pyridine rings is 1. The molecule has 2 aromatic heterocycles. The number of rotatable bonds is 4. The lowest BCUT2D eigenvalue weighted by molar-refractivity contribution is 0.176. The van der Waals surface area contributed by atoms with Gasteiger partial charge in [-0.3, -0.25) is 4.98 Å². The molecule has 0 amide bonds. The van der Waals surface area contributed by atoms with Crippen LogP contribution in [0.25, 0.3) is 11.4 Å². The summed E-state index contributed by atoms with van der Waals surface area (Å²) in [5.41, 5.74) is 0.809. The van der Waals surface area contributed by atoms with E-state index in [1.165, 1.54) is 0 Å². The first-order valence-corrected chi connectivity index (χ1v) is 7.18. The molecule has 106 valence electrons. The van der Waals surface area contributed by atoms with E-state index in [9.17, 15) is 0 Å². The van der Waals surface area contributed by atoms with Gasteiger partial charge in [0.2, 0.25) is 5.82 Å². The maximum absolute atomic E-state index is 5.77. The minimum Gasteiger partial charge on any atom is -0.481 e. The van der Waals surface area contributed by atoms with Gasteiger partial charge in [0.25, 0.3) is 5.89 Å². The van der Waals surface area contributed by atoms with Crippen molar-refractivity contribution in [1.29, 1.82) is 0 Å². The van der Waals surface area contributed by atoms with Gasteiger partial charge in [-0.25, -0.2) is 0 Å². The molecule has 0 unspecified atom stereocenters. The van der Waals surface area contributed by atoms with Gasteiger partial charge < -0.3 is 9.26 Å². The van der Waals surface area contributed by atoms with E-state index in [2.05, 4.69) is 31.1 Å². The molecule has 1 atom stereocenters. The van der Waals surface area contributed by atoms with Gasteiger partial charge in [0.05, 0.1) is 0 Å². The third kappa shape index (κ3) is 3.28. The number of benzene rings is 1. The molecule has 0 fully saturated rings. The van der Waals surface area contributed by atoms with Gasteiger partial charge in [-0.2, -0.15) is 4.98 Å². The monoisotopic (exact) mass is 345 g/mol. The molecule has 3 aromatic rings. The molecule has 0 saturated heterocycles. The zero-order chi connectivity index (χ0) is 14.7. The highest BCUT2D eigenvalue weighted by Gasteiger charge is 2.16. The summed E-state index contributed by atoms with van der Waals surface area (Å²) in [5, 5.41) is 3.95. The first-order chi connectivity index (χ1) is 10.2. The first-order valence-electron chi connectivity index (χ1n) is 6.38. The maximum atomic E-state index is 5.77. The van der Waals surface area contributed by atoms with E-state index < -0.39 is 0 Å². The quantitative estimate of drug-likeness (QED) is 0.714. The van der Waals surface area contributed by atoms with Crippen molar-refractivity contribution in [3.05, 3.63) is 59.2 Å². The highest BCUT2D eigenvalue weighted by Crippen LogP contribution is 2.24. The Hall–Kier alpha value is -2.21. The van der Waals surface area contributed by atoms with Crippen LogP contribution in [0.2, 0.25) is 0 Å². The summed E-state index contributed by atoms with van der Waals surface area (Å²) in [4.78, 5) is 8.38. The molecule has 0 aliphatic heterocycles. The predicted molar refractivity (Wildman–Crippen MR) is 80.7 cm³/mol. The summed E-state index contributed by atoms with van der Waals surface area (Å²) in [6.45, 7) is 1.86. The Balaban J connectivity index is 1.75. The van der Waals surface area contributed by atoms with Gasteiger partial charge in [-0.15, -0.1) is 0 Å². The van der Waals surface area contributed by atoms with Crippen LogP contribution in [0.5, 0.6) is 5.75 Å². The molecule has 0 aliphatic rings. The van der Waals surface area contributed by atoms with Crippen LogP contribution in [-0.2, 0) is 0 Å². The Labute approximate surface area is 130 Å². The number of nitrogens with zero attached hydrogens (tertiary/aromatic N) is 3. The Morgan fingerprint density at radius 1 is 1.19 bits per heavy atom. The van der Waals surface area contributed by atoms with Crippen molar-refractivity contribution in [1.82, 2.24) is 15.1 Å². The second kappa shape index (κ2) is 6.05. The number of ether oxygens (including phenoxy) is 1. The summed E-state index contributed by atoms with van der Waals surface area (Å²) in [6.07, 6.45) is 3.06. The maximum Gasteiger partial charge on any atom is 0.267 e. The number of aromatic nitrogens is 3. The second-order valence-electron chi connectivity index (χ2n) is 4.41. The fourth-order valence-corrected chi connectivity index (χ4v) is 2.04. The minimum absolute atomic E-state index is 0.330. The van der Waals surface area contributed by atoms with Crippen molar-refractivity contribution in [2.45, 2.75) is 13.0 Å². The smallest absolute Gasteiger partial charge is 0.267 e. The minimum atomic E-state index is -0.330. The van der Waals surface area contributed by atoms with Crippen LogP contribution in [0.15, 0.2) is 57.8 Å². The molecule has 3 rings (SSSR count). The van der Waals surface area contributed by atoms with Crippen molar-refractivity contribution in [2.24, 2.45) is 0 Å². The largest absolute Gasteiger partial charge is 0.481 e. The molecule has 0 saturated carbocycles. The summed E-state index contributed by atoms with van der Waals surface area (Å²) in [5.74, 6) is 1.67. The zero-order valence-electron chi connectivity index (χ0n) is 11.2. The molecule has 1 aromatic carbocycles. The number of halogens is 1. The lowest BCUT2D eigenvalue weighted by Gasteiger charge is -2.10. The van der Waals surface area contributed by atoms with Crippen molar-refractivity contribution in [3.8, 4) is 17.1 Å². The van der Waals surface area contributed by atoms with Gasteiger partial charge >= 0.3 is 0 Å². The van der Waals surface area contributed by atoms with Crippen LogP contribution < -0.4 is 4.74 Å². The fourth-order valence-electron chi connectivity index (χ4n) is 1.78. The fraction of sp³-hybridized carbons (Fsp3) is 0.133. The van der Waals surface area contributed by atoms with Crippen molar-refractivity contribution < 1.29 is 9.26 Å². The van der Waals surface area contributed by atoms with Crippen LogP contribution in [-0.4, -0.2) is 15.1 Å². The Kier molecular flexibility index (Phi) is 3.96. The number of hydrogen-bond donors (Lipinski definition) is 0. The summed E-state index contributed by atoms with van der Waals surface area (Å²) in [7, 11) is 0. The molecule has 0 spiro atoms. The molecule has 0 N–H and O–H groups in total. The topological polar surface area (TPSA) is 61.0 Å². The Morgan fingerprint density at radius 2 is 2.00 bits per heavy atom. The summed E-state index contributed by atoms with van der Waals surface area (Å²) in [6, 6.07) is 11.3. The molecular formula is C15H12BrN3O2. The van der Waals surface area contributed by atoms with E-state index in [1.807, 2.05) is 43.3 Å². The lowest BCUT2D eigenvalue weighted by Crippen LogP contribution is -2.03. The van der Waals surface area contributed by atoms with E-state index in [0.29, 0.717) is 11.7 Å². The second-order valence-corrected chi connectivity index (χ2v) is 5.33. The Morgan fingerprint density at radius 3 is 2.71 bits per heavy atom. The first kappa shape index (κ1) is 13.8. The molecule has 0 radical (unpaired) electrons. The van der Waals surface area contributed by atoms with Gasteiger partial charge in [0, 0.05) is 22.4 Å². The van der Waals surface area contributed by atoms with Gasteiger partial charge in [0.15, 0.2) is 6.10 Å². The van der Waals surface area contributed by atoms with Crippen molar-refractivity contribution in [2.75, 3.05) is 0 Å². The molecule has 6 heteroatoms. The number of hydrogen-bond acceptors (Lipinski definition) is 5. The predicted octanol–water partition coefficient (Wildman–Crippen LogP) is 4.03. The summed E-state index contributed by atoms with van der Waals surface area (Å²) >= 11 is 3.38. The Bertz CT molecular complexity index is 713. The van der Waals surface area contributed by atoms with Gasteiger partial charge in [-0.1, -0.05) is 21.1 Å². The van der Waals surface area contributed by atoms with Crippen molar-refractivity contribution in [3.63, 3.8) is 0 Å². The third-order valence-corrected chi connectivity index (χ3v) is 3.36. The van der Waals surface area contributed by atoms with E-state index in [4.69, 9.17) is 9.26 Å². The lowest BCUT2D eigenvalue weighted by atomic mass is 10.3. The zero-order valence-corrected chi connectivity index (χ0v) is 12.8. The highest BCUT2D eigenvalue weighted by molar-refractivity contribution is 9.10. The normalized spacial score (nSPS) is 12.1. The van der Waals surface area contributed by atoms with E-state index in [-0.39, 0.29) is 6.10 Å². The van der Waals surface area contributed by atoms with E-state index in [1.54, 1.807) is 12.4 Å². The molecular weight excluding hydrogens is 334 g/mol. The molecule has 5 nitrogen and oxygen atoms in total. The third-order valence-electron chi connectivity index (χ3n) is 2.84. The molecule has 0 aliphatic carbocycles. The van der Waals surface area contributed by atoms with Crippen LogP contribution in [0.1, 0.15) is 18.9 Å². The van der Waals surface area contributed by atoms with Crippen LogP contribution in [0.4, 0.5) is 0 Å². The SMILES string of the molecule is C[C@@H](Oc1ccc(Br)cc1)c1nc(-c2cccnc2)no1. The van der Waals surface area contributed by atoms with Crippen molar-refractivity contribution >= 4 is 15.9 Å². The standard InChI is InChI=1S/C15H12BrN3O2/c1-10(20-13-6-4-12(16)5-7-13)15-18-14(19-21-15)11-3-2-8-17-9-11/h2-10H,1H3/t10-/m1/s1. The average molecular weight is 346 g/mol. The van der Waals surface area contributed by atoms with E-state index in [0.717, 1.165) is 15.8 Å². The van der Waals surface area contributed by atoms with Crippen LogP contribution >= 0.6 is 15.9 Å². The average Bonchev–Trinajstić information content (AvgIpc) is 3.00. The van der Waals surface area contributed by atoms with Crippen LogP contribution in [0, 0.1) is 0 Å².